The molecule has 0 saturated carbocycles. The highest BCUT2D eigenvalue weighted by molar-refractivity contribution is 5.40. The van der Waals surface area contributed by atoms with Crippen LogP contribution in [0.5, 0.6) is 11.5 Å². The smallest absolute Gasteiger partial charge is 0.122 e. The third kappa shape index (κ3) is 3.39. The summed E-state index contributed by atoms with van der Waals surface area (Å²) < 4.78 is 10.8. The molecule has 0 spiro atoms. The van der Waals surface area contributed by atoms with Gasteiger partial charge in [-0.25, -0.2) is 0 Å². The molecule has 1 aliphatic rings. The lowest BCUT2D eigenvalue weighted by atomic mass is 9.98. The van der Waals surface area contributed by atoms with Crippen molar-refractivity contribution in [3.8, 4) is 11.5 Å². The van der Waals surface area contributed by atoms with Gasteiger partial charge in [-0.3, -0.25) is 9.88 Å². The number of aromatic nitrogens is 1. The maximum absolute atomic E-state index is 5.38. The van der Waals surface area contributed by atoms with Crippen LogP contribution in [0.4, 0.5) is 0 Å². The lowest BCUT2D eigenvalue weighted by Crippen LogP contribution is -2.19. The van der Waals surface area contributed by atoms with Crippen LogP contribution in [0.15, 0.2) is 42.7 Å². The zero-order valence-electron chi connectivity index (χ0n) is 13.2. The van der Waals surface area contributed by atoms with Crippen molar-refractivity contribution in [2.75, 3.05) is 27.3 Å². The summed E-state index contributed by atoms with van der Waals surface area (Å²) in [6, 6.07) is 10.4. The summed E-state index contributed by atoms with van der Waals surface area (Å²) in [5, 5.41) is 0. The molecule has 1 aliphatic heterocycles. The number of hydrogen-bond donors (Lipinski definition) is 0. The molecule has 4 heteroatoms. The Morgan fingerprint density at radius 2 is 1.77 bits per heavy atom. The lowest BCUT2D eigenvalue weighted by Gasteiger charge is -2.17. The number of likely N-dealkylation sites (tertiary alicyclic amines) is 1. The van der Waals surface area contributed by atoms with Gasteiger partial charge in [-0.15, -0.1) is 0 Å². The Balaban J connectivity index is 1.69. The second kappa shape index (κ2) is 6.79. The number of pyridine rings is 1. The monoisotopic (exact) mass is 298 g/mol. The summed E-state index contributed by atoms with van der Waals surface area (Å²) in [5.74, 6) is 2.26. The second-order valence-electron chi connectivity index (χ2n) is 5.72. The standard InChI is InChI=1S/C18H22N2O2/c1-21-17-9-16(10-18(11-17)22-2)15-5-8-20(13-15)12-14-3-6-19-7-4-14/h3-4,6-7,9-11,15H,5,8,12-13H2,1-2H3. The summed E-state index contributed by atoms with van der Waals surface area (Å²) in [6.45, 7) is 3.17. The van der Waals surface area contributed by atoms with Crippen molar-refractivity contribution in [1.29, 1.82) is 0 Å². The topological polar surface area (TPSA) is 34.6 Å². The maximum Gasteiger partial charge on any atom is 0.122 e. The van der Waals surface area contributed by atoms with Crippen LogP contribution in [-0.2, 0) is 6.54 Å². The second-order valence-corrected chi connectivity index (χ2v) is 5.72. The third-order valence-corrected chi connectivity index (χ3v) is 4.27. The fourth-order valence-corrected chi connectivity index (χ4v) is 3.06. The zero-order valence-corrected chi connectivity index (χ0v) is 13.2. The van der Waals surface area contributed by atoms with Gasteiger partial charge in [0.2, 0.25) is 0 Å². The first-order chi connectivity index (χ1) is 10.8. The molecule has 0 bridgehead atoms. The van der Waals surface area contributed by atoms with Gasteiger partial charge >= 0.3 is 0 Å². The van der Waals surface area contributed by atoms with E-state index < -0.39 is 0 Å². The SMILES string of the molecule is COc1cc(OC)cc(C2CCN(Cc3ccncc3)C2)c1. The van der Waals surface area contributed by atoms with Crippen LogP contribution in [-0.4, -0.2) is 37.2 Å². The van der Waals surface area contributed by atoms with Crippen molar-refractivity contribution in [3.05, 3.63) is 53.9 Å². The van der Waals surface area contributed by atoms with Gasteiger partial charge in [-0.1, -0.05) is 0 Å². The molecule has 1 atom stereocenters. The molecule has 1 unspecified atom stereocenters. The first kappa shape index (κ1) is 14.9. The van der Waals surface area contributed by atoms with Crippen molar-refractivity contribution < 1.29 is 9.47 Å². The molecule has 116 valence electrons. The van der Waals surface area contributed by atoms with Gasteiger partial charge in [-0.2, -0.15) is 0 Å². The first-order valence-corrected chi connectivity index (χ1v) is 7.62. The molecule has 1 aromatic heterocycles. The number of methoxy groups -OCH3 is 2. The molecular weight excluding hydrogens is 276 g/mol. The van der Waals surface area contributed by atoms with Gasteiger partial charge in [0.15, 0.2) is 0 Å². The van der Waals surface area contributed by atoms with E-state index in [0.717, 1.165) is 31.1 Å². The van der Waals surface area contributed by atoms with Gasteiger partial charge in [0, 0.05) is 31.5 Å². The van der Waals surface area contributed by atoms with Crippen molar-refractivity contribution in [1.82, 2.24) is 9.88 Å². The number of rotatable bonds is 5. The Kier molecular flexibility index (Phi) is 4.59. The van der Waals surface area contributed by atoms with E-state index in [1.54, 1.807) is 14.2 Å². The summed E-state index contributed by atoms with van der Waals surface area (Å²) in [6.07, 6.45) is 4.88. The van der Waals surface area contributed by atoms with Crippen LogP contribution in [0.1, 0.15) is 23.5 Å². The molecular formula is C18H22N2O2. The predicted octanol–water partition coefficient (Wildman–Crippen LogP) is 3.09. The Morgan fingerprint density at radius 3 is 2.41 bits per heavy atom. The lowest BCUT2D eigenvalue weighted by molar-refractivity contribution is 0.326. The molecule has 2 heterocycles. The summed E-state index contributed by atoms with van der Waals surface area (Å²) >= 11 is 0. The average Bonchev–Trinajstić information content (AvgIpc) is 3.03. The van der Waals surface area contributed by atoms with E-state index in [1.807, 2.05) is 18.5 Å². The molecule has 3 rings (SSSR count). The Bertz CT molecular complexity index is 593. The summed E-state index contributed by atoms with van der Waals surface area (Å²) in [5.41, 5.74) is 2.62. The first-order valence-electron chi connectivity index (χ1n) is 7.62. The van der Waals surface area contributed by atoms with Gasteiger partial charge in [0.1, 0.15) is 11.5 Å². The third-order valence-electron chi connectivity index (χ3n) is 4.27. The van der Waals surface area contributed by atoms with Gasteiger partial charge < -0.3 is 9.47 Å². The molecule has 0 aliphatic carbocycles. The van der Waals surface area contributed by atoms with Crippen LogP contribution >= 0.6 is 0 Å². The van der Waals surface area contributed by atoms with E-state index in [4.69, 9.17) is 9.47 Å². The van der Waals surface area contributed by atoms with E-state index in [-0.39, 0.29) is 0 Å². The highest BCUT2D eigenvalue weighted by atomic mass is 16.5. The van der Waals surface area contributed by atoms with Crippen molar-refractivity contribution in [2.45, 2.75) is 18.9 Å². The van der Waals surface area contributed by atoms with E-state index >= 15 is 0 Å². The van der Waals surface area contributed by atoms with Crippen LogP contribution in [0.3, 0.4) is 0 Å². The normalized spacial score (nSPS) is 18.4. The maximum atomic E-state index is 5.38. The Labute approximate surface area is 131 Å². The van der Waals surface area contributed by atoms with Gasteiger partial charge in [-0.05, 0) is 54.3 Å². The zero-order chi connectivity index (χ0) is 15.4. The van der Waals surface area contributed by atoms with E-state index in [0.29, 0.717) is 5.92 Å². The van der Waals surface area contributed by atoms with Crippen molar-refractivity contribution in [3.63, 3.8) is 0 Å². The van der Waals surface area contributed by atoms with Crippen molar-refractivity contribution >= 4 is 0 Å². The quantitative estimate of drug-likeness (QED) is 0.849. The van der Waals surface area contributed by atoms with E-state index in [1.165, 1.54) is 17.5 Å². The van der Waals surface area contributed by atoms with Crippen LogP contribution in [0.25, 0.3) is 0 Å². The number of benzene rings is 1. The minimum absolute atomic E-state index is 0.533. The number of ether oxygens (including phenoxy) is 2. The molecule has 22 heavy (non-hydrogen) atoms. The molecule has 2 aromatic rings. The van der Waals surface area contributed by atoms with Crippen molar-refractivity contribution in [2.24, 2.45) is 0 Å². The molecule has 1 aromatic carbocycles. The molecule has 0 amide bonds. The minimum Gasteiger partial charge on any atom is -0.497 e. The fraction of sp³-hybridized carbons (Fsp3) is 0.389. The highest BCUT2D eigenvalue weighted by Gasteiger charge is 2.24. The fourth-order valence-electron chi connectivity index (χ4n) is 3.06. The largest absolute Gasteiger partial charge is 0.497 e. The van der Waals surface area contributed by atoms with Crippen LogP contribution < -0.4 is 9.47 Å². The number of hydrogen-bond acceptors (Lipinski definition) is 4. The van der Waals surface area contributed by atoms with E-state index in [2.05, 4.69) is 34.1 Å². The Hall–Kier alpha value is -2.07. The van der Waals surface area contributed by atoms with Crippen LogP contribution in [0, 0.1) is 0 Å². The van der Waals surface area contributed by atoms with Gasteiger partial charge in [0.05, 0.1) is 14.2 Å². The average molecular weight is 298 g/mol. The predicted molar refractivity (Wildman–Crippen MR) is 86.4 cm³/mol. The minimum atomic E-state index is 0.533. The Morgan fingerprint density at radius 1 is 1.09 bits per heavy atom. The number of nitrogens with zero attached hydrogens (tertiary/aromatic N) is 2. The molecule has 0 N–H and O–H groups in total. The molecule has 1 fully saturated rings. The molecule has 4 nitrogen and oxygen atoms in total. The van der Waals surface area contributed by atoms with E-state index in [9.17, 15) is 0 Å². The van der Waals surface area contributed by atoms with Crippen LogP contribution in [0.2, 0.25) is 0 Å². The summed E-state index contributed by atoms with van der Waals surface area (Å²) in [4.78, 5) is 6.57. The highest BCUT2D eigenvalue weighted by Crippen LogP contribution is 2.33. The summed E-state index contributed by atoms with van der Waals surface area (Å²) in [7, 11) is 3.39. The van der Waals surface area contributed by atoms with Gasteiger partial charge in [0.25, 0.3) is 0 Å². The molecule has 0 radical (unpaired) electrons. The molecule has 1 saturated heterocycles.